The van der Waals surface area contributed by atoms with E-state index in [4.69, 9.17) is 28.7 Å². The number of carbonyl (C=O) groups is 1. The summed E-state index contributed by atoms with van der Waals surface area (Å²) >= 11 is 0. The van der Waals surface area contributed by atoms with Gasteiger partial charge >= 0.3 is 6.16 Å². The number of carbonyl (C=O) groups excluding carboxylic acids is 1. The first-order chi connectivity index (χ1) is 11.9. The lowest BCUT2D eigenvalue weighted by Crippen LogP contribution is -2.70. The van der Waals surface area contributed by atoms with Crippen LogP contribution in [0.25, 0.3) is 0 Å². The first kappa shape index (κ1) is 17.5. The van der Waals surface area contributed by atoms with Gasteiger partial charge < -0.3 is 18.9 Å². The van der Waals surface area contributed by atoms with Crippen LogP contribution in [0.3, 0.4) is 0 Å². The van der Waals surface area contributed by atoms with E-state index in [2.05, 4.69) is 6.92 Å². The number of hydrogen-bond donors (Lipinski definition) is 0. The van der Waals surface area contributed by atoms with E-state index in [-0.39, 0.29) is 18.4 Å². The molecule has 7 heteroatoms. The Morgan fingerprint density at radius 3 is 2.72 bits per heavy atom. The third kappa shape index (κ3) is 2.59. The lowest BCUT2D eigenvalue weighted by atomic mass is 9.58. The lowest BCUT2D eigenvalue weighted by Gasteiger charge is -2.59. The van der Waals surface area contributed by atoms with Crippen LogP contribution in [0.5, 0.6) is 0 Å². The van der Waals surface area contributed by atoms with Gasteiger partial charge in [-0.05, 0) is 44.9 Å². The highest BCUT2D eigenvalue weighted by Crippen LogP contribution is 2.60. The average Bonchev–Trinajstić information content (AvgIpc) is 2.79. The molecule has 4 saturated heterocycles. The van der Waals surface area contributed by atoms with E-state index in [1.54, 1.807) is 6.92 Å². The third-order valence-electron chi connectivity index (χ3n) is 6.57. The fraction of sp³-hybridized carbons (Fsp3) is 0.944. The molecule has 0 amide bonds. The van der Waals surface area contributed by atoms with Crippen molar-refractivity contribution in [3.8, 4) is 0 Å². The highest BCUT2D eigenvalue weighted by Gasteiger charge is 2.69. The van der Waals surface area contributed by atoms with Gasteiger partial charge in [-0.2, -0.15) is 0 Å². The summed E-state index contributed by atoms with van der Waals surface area (Å²) in [5.74, 6) is 0.0724. The smallest absolute Gasteiger partial charge is 0.435 e. The van der Waals surface area contributed by atoms with Crippen LogP contribution in [0, 0.1) is 23.7 Å². The molecule has 142 valence electrons. The Balaban J connectivity index is 1.66. The molecule has 1 aliphatic carbocycles. The highest BCUT2D eigenvalue weighted by atomic mass is 17.3. The summed E-state index contributed by atoms with van der Waals surface area (Å²) < 4.78 is 22.7. The molecule has 1 spiro atoms. The van der Waals surface area contributed by atoms with Crippen LogP contribution in [0.4, 0.5) is 4.79 Å². The van der Waals surface area contributed by atoms with Crippen molar-refractivity contribution in [3.63, 3.8) is 0 Å². The molecule has 25 heavy (non-hydrogen) atoms. The Kier molecular flexibility index (Phi) is 4.26. The Labute approximate surface area is 148 Å². The van der Waals surface area contributed by atoms with E-state index in [0.29, 0.717) is 11.8 Å². The first-order valence-corrected chi connectivity index (χ1v) is 9.43. The first-order valence-electron chi connectivity index (χ1n) is 9.43. The summed E-state index contributed by atoms with van der Waals surface area (Å²) in [6.07, 6.45) is 1.78. The van der Waals surface area contributed by atoms with Gasteiger partial charge in [0.25, 0.3) is 0 Å². The van der Waals surface area contributed by atoms with Gasteiger partial charge in [0.15, 0.2) is 11.9 Å². The zero-order valence-electron chi connectivity index (χ0n) is 15.4. The molecule has 5 fully saturated rings. The number of hydrogen-bond acceptors (Lipinski definition) is 7. The van der Waals surface area contributed by atoms with Crippen LogP contribution in [0.15, 0.2) is 0 Å². The fourth-order valence-corrected chi connectivity index (χ4v) is 5.25. The lowest BCUT2D eigenvalue weighted by molar-refractivity contribution is -0.576. The Morgan fingerprint density at radius 1 is 1.16 bits per heavy atom. The monoisotopic (exact) mass is 356 g/mol. The van der Waals surface area contributed by atoms with Gasteiger partial charge in [0.2, 0.25) is 12.1 Å². The van der Waals surface area contributed by atoms with Crippen LogP contribution in [-0.2, 0) is 28.7 Å². The van der Waals surface area contributed by atoms with Crippen LogP contribution in [-0.4, -0.2) is 36.7 Å². The van der Waals surface area contributed by atoms with Gasteiger partial charge in [-0.3, -0.25) is 0 Å². The van der Waals surface area contributed by atoms with Crippen molar-refractivity contribution in [3.05, 3.63) is 0 Å². The van der Waals surface area contributed by atoms with Gasteiger partial charge in [-0.15, -0.1) is 0 Å². The maximum Gasteiger partial charge on any atom is 0.510 e. The molecule has 8 unspecified atom stereocenters. The topological polar surface area (TPSA) is 72.5 Å². The molecule has 4 aliphatic heterocycles. The summed E-state index contributed by atoms with van der Waals surface area (Å²) in [7, 11) is 0. The van der Waals surface area contributed by atoms with E-state index in [9.17, 15) is 4.79 Å². The summed E-state index contributed by atoms with van der Waals surface area (Å²) in [5, 5.41) is 0. The minimum absolute atomic E-state index is 0.0367. The molecule has 7 nitrogen and oxygen atoms in total. The molecule has 0 aromatic carbocycles. The minimum atomic E-state index is -0.827. The zero-order chi connectivity index (χ0) is 17.8. The second-order valence-corrected chi connectivity index (χ2v) is 8.07. The molecular weight excluding hydrogens is 328 g/mol. The molecule has 0 N–H and O–H groups in total. The largest absolute Gasteiger partial charge is 0.510 e. The van der Waals surface area contributed by atoms with Gasteiger partial charge in [-0.25, -0.2) is 14.6 Å². The third-order valence-corrected chi connectivity index (χ3v) is 6.57. The molecule has 2 bridgehead atoms. The Hall–Kier alpha value is -0.890. The maximum atomic E-state index is 11.8. The van der Waals surface area contributed by atoms with Gasteiger partial charge in [-0.1, -0.05) is 13.8 Å². The maximum absolute atomic E-state index is 11.8. The van der Waals surface area contributed by atoms with E-state index in [1.807, 2.05) is 13.8 Å². The highest BCUT2D eigenvalue weighted by molar-refractivity contribution is 5.59. The number of ether oxygens (including phenoxy) is 4. The normalized spacial score (nSPS) is 51.4. The molecule has 1 saturated carbocycles. The van der Waals surface area contributed by atoms with Crippen LogP contribution >= 0.6 is 0 Å². The molecule has 0 aromatic rings. The predicted molar refractivity (Wildman–Crippen MR) is 84.9 cm³/mol. The molecule has 0 radical (unpaired) electrons. The molecule has 5 rings (SSSR count). The van der Waals surface area contributed by atoms with Gasteiger partial charge in [0, 0.05) is 18.3 Å². The predicted octanol–water partition coefficient (Wildman–Crippen LogP) is 3.37. The Bertz CT molecular complexity index is 540. The zero-order valence-corrected chi connectivity index (χ0v) is 15.4. The van der Waals surface area contributed by atoms with E-state index >= 15 is 0 Å². The molecule has 8 atom stereocenters. The number of rotatable bonds is 2. The van der Waals surface area contributed by atoms with Crippen LogP contribution < -0.4 is 0 Å². The Morgan fingerprint density at radius 2 is 1.96 bits per heavy atom. The van der Waals surface area contributed by atoms with Crippen LogP contribution in [0.2, 0.25) is 0 Å². The second kappa shape index (κ2) is 6.08. The van der Waals surface area contributed by atoms with Crippen molar-refractivity contribution in [1.82, 2.24) is 0 Å². The van der Waals surface area contributed by atoms with Crippen LogP contribution in [0.1, 0.15) is 53.4 Å². The molecule has 0 aromatic heterocycles. The van der Waals surface area contributed by atoms with Crippen molar-refractivity contribution in [1.29, 1.82) is 0 Å². The van der Waals surface area contributed by atoms with E-state index in [1.165, 1.54) is 0 Å². The molecular formula is C18H28O7. The van der Waals surface area contributed by atoms with Gasteiger partial charge in [0.1, 0.15) is 0 Å². The second-order valence-electron chi connectivity index (χ2n) is 8.07. The van der Waals surface area contributed by atoms with Crippen molar-refractivity contribution in [2.24, 2.45) is 23.7 Å². The minimum Gasteiger partial charge on any atom is -0.435 e. The average molecular weight is 356 g/mol. The summed E-state index contributed by atoms with van der Waals surface area (Å²) in [4.78, 5) is 23.6. The molecule has 5 aliphatic rings. The number of fused-ring (bicyclic) bond motifs is 2. The standard InChI is InChI=1S/C18H28O7/c1-5-20-16(19)22-14-11(3)13-7-6-10(2)12-8-9-17(4)23-15(21-14)18(12,13)25-24-17/h10-15H,5-9H2,1-4H3. The summed E-state index contributed by atoms with van der Waals surface area (Å²) in [6.45, 7) is 8.19. The van der Waals surface area contributed by atoms with Crippen molar-refractivity contribution >= 4 is 6.16 Å². The van der Waals surface area contributed by atoms with Crippen molar-refractivity contribution < 1.29 is 33.5 Å². The molecule has 4 heterocycles. The summed E-state index contributed by atoms with van der Waals surface area (Å²) in [5.41, 5.74) is -0.637. The van der Waals surface area contributed by atoms with Crippen molar-refractivity contribution in [2.75, 3.05) is 6.61 Å². The van der Waals surface area contributed by atoms with E-state index < -0.39 is 30.1 Å². The van der Waals surface area contributed by atoms with Gasteiger partial charge in [0.05, 0.1) is 6.61 Å². The van der Waals surface area contributed by atoms with E-state index in [0.717, 1.165) is 25.7 Å². The fourth-order valence-electron chi connectivity index (χ4n) is 5.25. The van der Waals surface area contributed by atoms with Crippen molar-refractivity contribution in [2.45, 2.75) is 77.3 Å². The summed E-state index contributed by atoms with van der Waals surface area (Å²) in [6, 6.07) is 0. The quantitative estimate of drug-likeness (QED) is 0.555. The SMILES string of the molecule is CCOC(=O)OC1OC2OC3(C)CCC4C(C)CCC(C1C)C24OO3.